The summed E-state index contributed by atoms with van der Waals surface area (Å²) >= 11 is 1.42. The number of benzene rings is 3. The van der Waals surface area contributed by atoms with Gasteiger partial charge in [0.1, 0.15) is 5.75 Å². The van der Waals surface area contributed by atoms with E-state index in [4.69, 9.17) is 4.74 Å². The smallest absolute Gasteiger partial charge is 0.453 e. The van der Waals surface area contributed by atoms with Gasteiger partial charge in [-0.05, 0) is 102 Å². The maximum Gasteiger partial charge on any atom is 0.453 e. The third-order valence-corrected chi connectivity index (χ3v) is 8.28. The number of aryl methyl sites for hydroxylation is 1. The van der Waals surface area contributed by atoms with E-state index in [0.29, 0.717) is 12.4 Å². The van der Waals surface area contributed by atoms with Gasteiger partial charge in [0.05, 0.1) is 6.61 Å². The Labute approximate surface area is 237 Å². The lowest BCUT2D eigenvalue weighted by molar-refractivity contribution is -0.284. The maximum absolute atomic E-state index is 12.9. The zero-order valence-corrected chi connectivity index (χ0v) is 23.3. The average molecular weight is 575 g/mol. The standard InChI is InChI=1S/C33H35F5OS/c34-32(35,33(36,37)38)21-10-24-40-23-8-2-7-22-39-28-19-17-27(18-20-28)31-29-15-6-5-13-26(29)14-9-16-30(31)25-11-3-1-4-12-25/h1,3-6,11-13,15,17-20H,2,7-10,14,16,21-24H2. The van der Waals surface area contributed by atoms with E-state index >= 15 is 0 Å². The van der Waals surface area contributed by atoms with E-state index in [1.807, 2.05) is 18.2 Å². The first-order valence-electron chi connectivity index (χ1n) is 13.9. The molecule has 3 aromatic carbocycles. The van der Waals surface area contributed by atoms with Gasteiger partial charge in [0.25, 0.3) is 0 Å². The highest BCUT2D eigenvalue weighted by molar-refractivity contribution is 7.99. The molecular weight excluding hydrogens is 539 g/mol. The summed E-state index contributed by atoms with van der Waals surface area (Å²) in [7, 11) is 0. The van der Waals surface area contributed by atoms with Crippen LogP contribution >= 0.6 is 11.8 Å². The molecule has 0 heterocycles. The molecule has 0 spiro atoms. The van der Waals surface area contributed by atoms with Crippen molar-refractivity contribution in [2.75, 3.05) is 18.1 Å². The van der Waals surface area contributed by atoms with Crippen molar-refractivity contribution in [3.63, 3.8) is 0 Å². The molecule has 0 N–H and O–H groups in total. The lowest BCUT2D eigenvalue weighted by atomic mass is 9.88. The lowest BCUT2D eigenvalue weighted by Gasteiger charge is -2.19. The Morgan fingerprint density at radius 3 is 2.12 bits per heavy atom. The topological polar surface area (TPSA) is 9.23 Å². The average Bonchev–Trinajstić information content (AvgIpc) is 3.14. The summed E-state index contributed by atoms with van der Waals surface area (Å²) in [6, 6.07) is 27.6. The van der Waals surface area contributed by atoms with Gasteiger partial charge in [-0.15, -0.1) is 0 Å². The Morgan fingerprint density at radius 2 is 1.38 bits per heavy atom. The number of ether oxygens (including phenoxy) is 1. The van der Waals surface area contributed by atoms with Gasteiger partial charge >= 0.3 is 12.1 Å². The van der Waals surface area contributed by atoms with Gasteiger partial charge in [0, 0.05) is 6.42 Å². The molecule has 0 aromatic heterocycles. The molecule has 214 valence electrons. The lowest BCUT2D eigenvalue weighted by Crippen LogP contribution is -2.36. The summed E-state index contributed by atoms with van der Waals surface area (Å²) in [6.45, 7) is 0.572. The molecule has 0 saturated carbocycles. The number of hydrogen-bond acceptors (Lipinski definition) is 2. The van der Waals surface area contributed by atoms with Crippen LogP contribution in [-0.2, 0) is 6.42 Å². The first-order valence-corrected chi connectivity index (χ1v) is 15.0. The summed E-state index contributed by atoms with van der Waals surface area (Å²) in [5.41, 5.74) is 7.75. The molecular formula is C33H35F5OS. The zero-order chi connectivity index (χ0) is 28.4. The number of thioether (sulfide) groups is 1. The van der Waals surface area contributed by atoms with Crippen molar-refractivity contribution in [1.29, 1.82) is 0 Å². The maximum atomic E-state index is 12.9. The minimum absolute atomic E-state index is 0.147. The molecule has 0 bridgehead atoms. The number of alkyl halides is 5. The Bertz CT molecular complexity index is 1240. The summed E-state index contributed by atoms with van der Waals surface area (Å²) < 4.78 is 68.3. The Morgan fingerprint density at radius 1 is 0.675 bits per heavy atom. The minimum Gasteiger partial charge on any atom is -0.494 e. The molecule has 0 atom stereocenters. The quantitative estimate of drug-likeness (QED) is 0.148. The fourth-order valence-corrected chi connectivity index (χ4v) is 5.97. The molecule has 0 fully saturated rings. The number of halogens is 5. The molecule has 1 aliphatic rings. The predicted molar refractivity (Wildman–Crippen MR) is 155 cm³/mol. The molecule has 0 unspecified atom stereocenters. The van der Waals surface area contributed by atoms with E-state index in [-0.39, 0.29) is 6.42 Å². The number of rotatable bonds is 13. The highest BCUT2D eigenvalue weighted by Gasteiger charge is 2.56. The molecule has 1 nitrogen and oxygen atoms in total. The molecule has 40 heavy (non-hydrogen) atoms. The molecule has 0 radical (unpaired) electrons. The van der Waals surface area contributed by atoms with Crippen molar-refractivity contribution < 1.29 is 26.7 Å². The van der Waals surface area contributed by atoms with Crippen molar-refractivity contribution in [3.05, 3.63) is 101 Å². The summed E-state index contributed by atoms with van der Waals surface area (Å²) in [5, 5.41) is 0. The first-order chi connectivity index (χ1) is 19.3. The van der Waals surface area contributed by atoms with E-state index in [9.17, 15) is 22.0 Å². The van der Waals surface area contributed by atoms with Crippen LogP contribution in [0.25, 0.3) is 11.1 Å². The molecule has 0 amide bonds. The number of fused-ring (bicyclic) bond motifs is 1. The molecule has 7 heteroatoms. The van der Waals surface area contributed by atoms with Gasteiger partial charge in [-0.3, -0.25) is 0 Å². The molecule has 3 aromatic rings. The second-order valence-corrected chi connectivity index (χ2v) is 11.3. The second-order valence-electron chi connectivity index (χ2n) is 10.1. The summed E-state index contributed by atoms with van der Waals surface area (Å²) in [4.78, 5) is 0. The molecule has 4 rings (SSSR count). The van der Waals surface area contributed by atoms with Crippen molar-refractivity contribution in [1.82, 2.24) is 0 Å². The van der Waals surface area contributed by atoms with Gasteiger partial charge < -0.3 is 4.74 Å². The van der Waals surface area contributed by atoms with Crippen molar-refractivity contribution in [2.45, 2.75) is 63.5 Å². The number of unbranched alkanes of at least 4 members (excludes halogenated alkanes) is 2. The monoisotopic (exact) mass is 574 g/mol. The van der Waals surface area contributed by atoms with Crippen LogP contribution in [0.3, 0.4) is 0 Å². The van der Waals surface area contributed by atoms with Crippen LogP contribution in [0.4, 0.5) is 22.0 Å². The van der Waals surface area contributed by atoms with Crippen LogP contribution in [0.5, 0.6) is 5.75 Å². The first kappa shape index (κ1) is 30.2. The fourth-order valence-electron chi connectivity index (χ4n) is 5.01. The van der Waals surface area contributed by atoms with Gasteiger partial charge in [0.15, 0.2) is 0 Å². The Kier molecular flexibility index (Phi) is 10.7. The molecule has 0 aliphatic heterocycles. The third-order valence-electron chi connectivity index (χ3n) is 7.12. The molecule has 0 saturated heterocycles. The van der Waals surface area contributed by atoms with Gasteiger partial charge in [0.2, 0.25) is 0 Å². The van der Waals surface area contributed by atoms with Crippen LogP contribution in [0.15, 0.2) is 78.9 Å². The van der Waals surface area contributed by atoms with Gasteiger partial charge in [-0.2, -0.15) is 33.7 Å². The van der Waals surface area contributed by atoms with Crippen molar-refractivity contribution in [3.8, 4) is 5.75 Å². The summed E-state index contributed by atoms with van der Waals surface area (Å²) in [5.74, 6) is -2.73. The van der Waals surface area contributed by atoms with E-state index in [0.717, 1.165) is 50.0 Å². The Balaban J connectivity index is 1.26. The normalized spacial score (nSPS) is 14.1. The fraction of sp³-hybridized carbons (Fsp3) is 0.394. The van der Waals surface area contributed by atoms with Crippen LogP contribution in [0.2, 0.25) is 0 Å². The van der Waals surface area contributed by atoms with E-state index in [1.54, 1.807) is 0 Å². The predicted octanol–water partition coefficient (Wildman–Crippen LogP) is 10.2. The number of allylic oxidation sites excluding steroid dienone is 1. The number of hydrogen-bond donors (Lipinski definition) is 0. The van der Waals surface area contributed by atoms with Crippen LogP contribution in [0, 0.1) is 0 Å². The highest BCUT2D eigenvalue weighted by atomic mass is 32.2. The zero-order valence-electron chi connectivity index (χ0n) is 22.5. The van der Waals surface area contributed by atoms with Crippen molar-refractivity contribution >= 4 is 22.9 Å². The van der Waals surface area contributed by atoms with Crippen LogP contribution in [0.1, 0.15) is 67.2 Å². The van der Waals surface area contributed by atoms with Crippen LogP contribution in [-0.4, -0.2) is 30.2 Å². The minimum atomic E-state index is -5.46. The van der Waals surface area contributed by atoms with E-state index in [2.05, 4.69) is 60.7 Å². The third kappa shape index (κ3) is 8.12. The van der Waals surface area contributed by atoms with Crippen LogP contribution < -0.4 is 4.74 Å². The molecule has 1 aliphatic carbocycles. The van der Waals surface area contributed by atoms with Gasteiger partial charge in [-0.1, -0.05) is 66.7 Å². The second kappa shape index (κ2) is 14.2. The van der Waals surface area contributed by atoms with E-state index in [1.165, 1.54) is 45.2 Å². The summed E-state index contributed by atoms with van der Waals surface area (Å²) in [6.07, 6.45) is -0.926. The van der Waals surface area contributed by atoms with Gasteiger partial charge in [-0.25, -0.2) is 0 Å². The SMILES string of the molecule is FC(F)(F)C(F)(F)CCCSCCCCCOc1ccc(C2=C(c3ccccc3)CCCc3ccccc32)cc1. The van der Waals surface area contributed by atoms with Crippen molar-refractivity contribution in [2.24, 2.45) is 0 Å². The highest BCUT2D eigenvalue weighted by Crippen LogP contribution is 2.40. The van der Waals surface area contributed by atoms with E-state index < -0.39 is 18.5 Å². The Hall–Kier alpha value is -2.80. The largest absolute Gasteiger partial charge is 0.494 e.